The number of nitrogens with one attached hydrogen (secondary N) is 1. The van der Waals surface area contributed by atoms with Crippen molar-refractivity contribution < 1.29 is 0 Å². The molecule has 4 aromatic carbocycles. The van der Waals surface area contributed by atoms with Crippen LogP contribution in [-0.2, 0) is 0 Å². The number of anilines is 2. The number of hydrogen-bond donors (Lipinski definition) is 1. The van der Waals surface area contributed by atoms with Crippen LogP contribution in [0.15, 0.2) is 84.9 Å². The second-order valence-electron chi connectivity index (χ2n) is 6.71. The van der Waals surface area contributed by atoms with Crippen molar-refractivity contribution in [3.05, 3.63) is 84.9 Å². The minimum atomic E-state index is 1.14. The van der Waals surface area contributed by atoms with E-state index in [1.165, 1.54) is 46.0 Å². The summed E-state index contributed by atoms with van der Waals surface area (Å²) in [5.41, 5.74) is 2.31. The van der Waals surface area contributed by atoms with Gasteiger partial charge >= 0.3 is 0 Å². The van der Waals surface area contributed by atoms with E-state index >= 15 is 0 Å². The molecule has 0 aliphatic rings. The lowest BCUT2D eigenvalue weighted by atomic mass is 10.1. The van der Waals surface area contributed by atoms with Crippen LogP contribution in [0.25, 0.3) is 40.3 Å². The minimum Gasteiger partial charge on any atom is -0.354 e. The summed E-state index contributed by atoms with van der Waals surface area (Å²) in [4.78, 5) is 0. The van der Waals surface area contributed by atoms with E-state index in [0.717, 1.165) is 5.69 Å². The van der Waals surface area contributed by atoms with Crippen molar-refractivity contribution in [1.29, 1.82) is 0 Å². The molecule has 1 N–H and O–H groups in total. The summed E-state index contributed by atoms with van der Waals surface area (Å²) in [6.07, 6.45) is 0. The van der Waals surface area contributed by atoms with Crippen LogP contribution in [0.5, 0.6) is 0 Å². The van der Waals surface area contributed by atoms with E-state index in [2.05, 4.69) is 90.2 Å². The van der Waals surface area contributed by atoms with Crippen molar-refractivity contribution in [3.63, 3.8) is 0 Å². The molecule has 0 saturated carbocycles. The van der Waals surface area contributed by atoms with Crippen LogP contribution < -0.4 is 5.32 Å². The fourth-order valence-electron chi connectivity index (χ4n) is 3.80. The van der Waals surface area contributed by atoms with Gasteiger partial charge in [0, 0.05) is 41.3 Å². The van der Waals surface area contributed by atoms with E-state index in [9.17, 15) is 0 Å². The molecule has 0 amide bonds. The molecule has 0 atom stereocenters. The Morgan fingerprint density at radius 2 is 1.19 bits per heavy atom. The predicted octanol–water partition coefficient (Wildman–Crippen LogP) is 8.17. The Morgan fingerprint density at radius 3 is 2.04 bits per heavy atom. The quantitative estimate of drug-likeness (QED) is 0.319. The van der Waals surface area contributed by atoms with E-state index in [0.29, 0.717) is 0 Å². The summed E-state index contributed by atoms with van der Waals surface area (Å²) in [5, 5.41) is 9.00. The molecule has 3 heteroatoms. The van der Waals surface area contributed by atoms with Crippen LogP contribution in [0.1, 0.15) is 0 Å². The van der Waals surface area contributed by atoms with Crippen LogP contribution in [0.2, 0.25) is 0 Å². The molecular formula is C24H15NS2. The highest BCUT2D eigenvalue weighted by Gasteiger charge is 2.10. The highest BCUT2D eigenvalue weighted by Crippen LogP contribution is 2.40. The van der Waals surface area contributed by atoms with Crippen LogP contribution in [-0.4, -0.2) is 0 Å². The highest BCUT2D eigenvalue weighted by atomic mass is 32.1. The third kappa shape index (κ3) is 2.36. The number of benzene rings is 4. The molecule has 0 saturated heterocycles. The summed E-state index contributed by atoms with van der Waals surface area (Å²) in [5.74, 6) is 0. The van der Waals surface area contributed by atoms with Crippen molar-refractivity contribution in [2.75, 3.05) is 5.32 Å². The second-order valence-corrected chi connectivity index (χ2v) is 8.85. The van der Waals surface area contributed by atoms with Gasteiger partial charge in [0.1, 0.15) is 0 Å². The third-order valence-corrected chi connectivity index (χ3v) is 7.42. The first-order chi connectivity index (χ1) is 13.4. The van der Waals surface area contributed by atoms with E-state index in [1.807, 2.05) is 22.7 Å². The first kappa shape index (κ1) is 15.2. The Kier molecular flexibility index (Phi) is 3.27. The Balaban J connectivity index is 1.49. The topological polar surface area (TPSA) is 12.0 Å². The summed E-state index contributed by atoms with van der Waals surface area (Å²) in [7, 11) is 0. The molecule has 6 aromatic rings. The second kappa shape index (κ2) is 5.81. The van der Waals surface area contributed by atoms with E-state index in [4.69, 9.17) is 0 Å². The summed E-state index contributed by atoms with van der Waals surface area (Å²) in [6, 6.07) is 30.5. The summed E-state index contributed by atoms with van der Waals surface area (Å²) >= 11 is 3.71. The van der Waals surface area contributed by atoms with E-state index < -0.39 is 0 Å². The maximum absolute atomic E-state index is 3.66. The third-order valence-electron chi connectivity index (χ3n) is 5.06. The Labute approximate surface area is 164 Å². The molecule has 0 unspecified atom stereocenters. The smallest absolute Gasteiger partial charge is 0.0590 e. The van der Waals surface area contributed by atoms with Gasteiger partial charge in [-0.15, -0.1) is 22.7 Å². The lowest BCUT2D eigenvalue weighted by Gasteiger charge is -2.08. The predicted molar refractivity (Wildman–Crippen MR) is 122 cm³/mol. The average molecular weight is 382 g/mol. The van der Waals surface area contributed by atoms with Gasteiger partial charge in [-0.05, 0) is 30.3 Å². The fraction of sp³-hybridized carbons (Fsp3) is 0. The molecule has 0 aliphatic heterocycles. The van der Waals surface area contributed by atoms with Gasteiger partial charge in [-0.1, -0.05) is 54.6 Å². The molecule has 1 nitrogen and oxygen atoms in total. The average Bonchev–Trinajstić information content (AvgIpc) is 3.26. The Morgan fingerprint density at radius 1 is 0.519 bits per heavy atom. The van der Waals surface area contributed by atoms with Crippen LogP contribution in [0.3, 0.4) is 0 Å². The van der Waals surface area contributed by atoms with E-state index in [-0.39, 0.29) is 0 Å². The van der Waals surface area contributed by atoms with Gasteiger partial charge in [0.05, 0.1) is 10.4 Å². The maximum Gasteiger partial charge on any atom is 0.0590 e. The van der Waals surface area contributed by atoms with Crippen molar-refractivity contribution >= 4 is 74.4 Å². The van der Waals surface area contributed by atoms with Gasteiger partial charge in [0.15, 0.2) is 0 Å². The molecule has 2 heterocycles. The molecule has 128 valence electrons. The van der Waals surface area contributed by atoms with E-state index in [1.54, 1.807) is 0 Å². The molecule has 27 heavy (non-hydrogen) atoms. The van der Waals surface area contributed by atoms with Crippen molar-refractivity contribution in [2.45, 2.75) is 0 Å². The fourth-order valence-corrected chi connectivity index (χ4v) is 6.12. The zero-order valence-corrected chi connectivity index (χ0v) is 16.0. The first-order valence-electron chi connectivity index (χ1n) is 8.95. The first-order valence-corrected chi connectivity index (χ1v) is 10.6. The van der Waals surface area contributed by atoms with Gasteiger partial charge in [-0.25, -0.2) is 0 Å². The van der Waals surface area contributed by atoms with Crippen LogP contribution >= 0.6 is 22.7 Å². The van der Waals surface area contributed by atoms with Crippen molar-refractivity contribution in [3.8, 4) is 0 Å². The molecule has 0 bridgehead atoms. The number of hydrogen-bond acceptors (Lipinski definition) is 3. The zero-order chi connectivity index (χ0) is 17.8. The maximum atomic E-state index is 3.66. The van der Waals surface area contributed by atoms with Crippen molar-refractivity contribution in [1.82, 2.24) is 0 Å². The molecule has 0 radical (unpaired) electrons. The molecular weight excluding hydrogens is 366 g/mol. The Hall–Kier alpha value is -2.88. The van der Waals surface area contributed by atoms with Gasteiger partial charge < -0.3 is 5.32 Å². The van der Waals surface area contributed by atoms with Crippen molar-refractivity contribution in [2.24, 2.45) is 0 Å². The monoisotopic (exact) mass is 381 g/mol. The SMILES string of the molecule is c1ccc2c(c1)sc1cc(Nc3cccc4c3sc3ccccc34)ccc12. The molecule has 0 fully saturated rings. The molecule has 0 aliphatic carbocycles. The van der Waals surface area contributed by atoms with Gasteiger partial charge in [-0.2, -0.15) is 0 Å². The van der Waals surface area contributed by atoms with Gasteiger partial charge in [0.25, 0.3) is 0 Å². The highest BCUT2D eigenvalue weighted by molar-refractivity contribution is 7.26. The van der Waals surface area contributed by atoms with Gasteiger partial charge in [0.2, 0.25) is 0 Å². The molecule has 6 rings (SSSR count). The zero-order valence-electron chi connectivity index (χ0n) is 14.4. The lowest BCUT2D eigenvalue weighted by molar-refractivity contribution is 1.63. The summed E-state index contributed by atoms with van der Waals surface area (Å²) in [6.45, 7) is 0. The number of rotatable bonds is 2. The number of thiophene rings is 2. The lowest BCUT2D eigenvalue weighted by Crippen LogP contribution is -1.89. The summed E-state index contributed by atoms with van der Waals surface area (Å²) < 4.78 is 5.32. The standard InChI is InChI=1S/C24H15NS2/c1-3-10-21-16(6-1)18-13-12-15(14-23(18)26-21)25-20-9-5-8-19-17-7-2-4-11-22(17)27-24(19)20/h1-14,25H. The largest absolute Gasteiger partial charge is 0.354 e. The normalized spacial score (nSPS) is 11.7. The van der Waals surface area contributed by atoms with Crippen LogP contribution in [0, 0.1) is 0 Å². The minimum absolute atomic E-state index is 1.14. The molecule has 0 spiro atoms. The Bertz CT molecular complexity index is 1460. The van der Waals surface area contributed by atoms with Gasteiger partial charge in [-0.3, -0.25) is 0 Å². The van der Waals surface area contributed by atoms with Crippen LogP contribution in [0.4, 0.5) is 11.4 Å². The number of fused-ring (bicyclic) bond motifs is 6. The molecule has 2 aromatic heterocycles.